The molecule has 4 heteroatoms. The van der Waals surface area contributed by atoms with Crippen LogP contribution in [0.15, 0.2) is 41.4 Å². The lowest BCUT2D eigenvalue weighted by Gasteiger charge is -2.07. The average Bonchev–Trinajstić information content (AvgIpc) is 2.38. The number of halogens is 1. The molecule has 88 valence electrons. The van der Waals surface area contributed by atoms with Crippen molar-refractivity contribution >= 4 is 33.9 Å². The first-order valence-electron chi connectivity index (χ1n) is 5.21. The van der Waals surface area contributed by atoms with Gasteiger partial charge >= 0.3 is 0 Å². The molecule has 0 aliphatic rings. The number of hydrogen-bond acceptors (Lipinski definition) is 2. The molecule has 0 aliphatic heterocycles. The summed E-state index contributed by atoms with van der Waals surface area (Å²) in [6, 6.07) is 11.6. The van der Waals surface area contributed by atoms with Crippen molar-refractivity contribution in [3.63, 3.8) is 0 Å². The maximum absolute atomic E-state index is 5.65. The van der Waals surface area contributed by atoms with E-state index in [1.54, 1.807) is 7.11 Å². The average molecular weight is 249 g/mol. The Labute approximate surface area is 105 Å². The molecule has 0 radical (unpaired) electrons. The molecular formula is C13H13ClN2O. The van der Waals surface area contributed by atoms with E-state index in [-0.39, 0.29) is 5.88 Å². The molecule has 0 unspecified atom stereocenters. The molecule has 0 amide bonds. The molecule has 0 bridgehead atoms. The van der Waals surface area contributed by atoms with E-state index in [2.05, 4.69) is 4.99 Å². The van der Waals surface area contributed by atoms with Crippen LogP contribution in [0.5, 0.6) is 5.75 Å². The molecule has 0 fully saturated rings. The molecule has 0 saturated carbocycles. The van der Waals surface area contributed by atoms with E-state index < -0.39 is 0 Å². The van der Waals surface area contributed by atoms with Gasteiger partial charge in [0.15, 0.2) is 0 Å². The highest BCUT2D eigenvalue weighted by atomic mass is 35.5. The summed E-state index contributed by atoms with van der Waals surface area (Å²) in [5, 5.41) is 2.01. The van der Waals surface area contributed by atoms with Crippen LogP contribution in [0.25, 0.3) is 10.8 Å². The molecule has 17 heavy (non-hydrogen) atoms. The Hall–Kier alpha value is -1.74. The van der Waals surface area contributed by atoms with Gasteiger partial charge in [-0.05, 0) is 12.1 Å². The van der Waals surface area contributed by atoms with Gasteiger partial charge in [-0.2, -0.15) is 0 Å². The molecule has 3 nitrogen and oxygen atoms in total. The maximum atomic E-state index is 5.65. The highest BCUT2D eigenvalue weighted by Gasteiger charge is 2.04. The maximum Gasteiger partial charge on any atom is 0.126 e. The quantitative estimate of drug-likeness (QED) is 0.516. The number of ether oxygens (including phenoxy) is 1. The van der Waals surface area contributed by atoms with Crippen LogP contribution in [-0.4, -0.2) is 18.8 Å². The zero-order valence-electron chi connectivity index (χ0n) is 9.48. The third kappa shape index (κ3) is 2.34. The topological polar surface area (TPSA) is 47.6 Å². The summed E-state index contributed by atoms with van der Waals surface area (Å²) < 4.78 is 5.31. The van der Waals surface area contributed by atoms with Crippen LogP contribution in [0.3, 0.4) is 0 Å². The van der Waals surface area contributed by atoms with Crippen molar-refractivity contribution in [3.05, 3.63) is 36.4 Å². The Morgan fingerprint density at radius 1 is 1.24 bits per heavy atom. The fraction of sp³-hybridized carbons (Fsp3) is 0.154. The van der Waals surface area contributed by atoms with Gasteiger partial charge in [-0.1, -0.05) is 24.3 Å². The Bertz CT molecular complexity index is 566. The van der Waals surface area contributed by atoms with E-state index in [9.17, 15) is 0 Å². The predicted octanol–water partition coefficient (Wildman–Crippen LogP) is 3.08. The van der Waals surface area contributed by atoms with Gasteiger partial charge in [-0.3, -0.25) is 0 Å². The van der Waals surface area contributed by atoms with Crippen LogP contribution < -0.4 is 10.5 Å². The first-order chi connectivity index (χ1) is 8.26. The molecule has 2 aromatic carbocycles. The van der Waals surface area contributed by atoms with E-state index in [1.807, 2.05) is 36.4 Å². The third-order valence-electron chi connectivity index (χ3n) is 2.48. The van der Waals surface area contributed by atoms with Gasteiger partial charge in [0.25, 0.3) is 0 Å². The summed E-state index contributed by atoms with van der Waals surface area (Å²) in [6.45, 7) is 0. The lowest BCUT2D eigenvalue weighted by molar-refractivity contribution is 0.420. The summed E-state index contributed by atoms with van der Waals surface area (Å²) in [6.07, 6.45) is 0. The fourth-order valence-electron chi connectivity index (χ4n) is 1.72. The minimum absolute atomic E-state index is 0.223. The van der Waals surface area contributed by atoms with Gasteiger partial charge in [0.2, 0.25) is 0 Å². The zero-order chi connectivity index (χ0) is 12.3. The summed E-state index contributed by atoms with van der Waals surface area (Å²) in [7, 11) is 1.65. The summed E-state index contributed by atoms with van der Waals surface area (Å²) in [4.78, 5) is 4.29. The monoisotopic (exact) mass is 248 g/mol. The van der Waals surface area contributed by atoms with Gasteiger partial charge in [0, 0.05) is 10.8 Å². The van der Waals surface area contributed by atoms with Crippen LogP contribution in [-0.2, 0) is 0 Å². The van der Waals surface area contributed by atoms with E-state index in [0.29, 0.717) is 5.84 Å². The van der Waals surface area contributed by atoms with Crippen LogP contribution >= 0.6 is 11.6 Å². The second kappa shape index (κ2) is 5.06. The number of alkyl halides is 1. The predicted molar refractivity (Wildman–Crippen MR) is 72.5 cm³/mol. The van der Waals surface area contributed by atoms with Crippen molar-refractivity contribution in [2.75, 3.05) is 13.0 Å². The number of nitrogens with zero attached hydrogens (tertiary/aromatic N) is 1. The smallest absolute Gasteiger partial charge is 0.126 e. The molecule has 0 aromatic heterocycles. The lowest BCUT2D eigenvalue weighted by Crippen LogP contribution is -2.12. The number of methoxy groups -OCH3 is 1. The number of aliphatic imine (C=N–C) groups is 1. The molecule has 2 aromatic rings. The lowest BCUT2D eigenvalue weighted by atomic mass is 10.1. The van der Waals surface area contributed by atoms with E-state index in [0.717, 1.165) is 22.2 Å². The highest BCUT2D eigenvalue weighted by molar-refractivity contribution is 6.28. The number of benzene rings is 2. The van der Waals surface area contributed by atoms with Crippen LogP contribution in [0.1, 0.15) is 0 Å². The minimum atomic E-state index is 0.223. The standard InChI is InChI=1S/C13H13ClN2O/c1-17-12-7-3-4-9-10(12)5-2-6-11(9)16-13(15)8-14/h2-7H,8H2,1H3,(H2,15,16). The Balaban J connectivity index is 2.66. The van der Waals surface area contributed by atoms with Gasteiger partial charge < -0.3 is 10.5 Å². The van der Waals surface area contributed by atoms with Gasteiger partial charge in [0.05, 0.1) is 18.7 Å². The Morgan fingerprint density at radius 3 is 2.65 bits per heavy atom. The molecule has 2 N–H and O–H groups in total. The Kier molecular flexibility index (Phi) is 3.49. The van der Waals surface area contributed by atoms with Gasteiger partial charge in [-0.15, -0.1) is 11.6 Å². The van der Waals surface area contributed by atoms with Crippen molar-refractivity contribution in [1.82, 2.24) is 0 Å². The molecule has 0 atom stereocenters. The van der Waals surface area contributed by atoms with Gasteiger partial charge in [0.1, 0.15) is 11.6 Å². The van der Waals surface area contributed by atoms with Crippen LogP contribution in [0.4, 0.5) is 5.69 Å². The molecule has 2 rings (SSSR count). The summed E-state index contributed by atoms with van der Waals surface area (Å²) in [5.74, 6) is 1.45. The van der Waals surface area contributed by atoms with E-state index >= 15 is 0 Å². The molecule has 0 heterocycles. The Morgan fingerprint density at radius 2 is 1.94 bits per heavy atom. The zero-order valence-corrected chi connectivity index (χ0v) is 10.2. The fourth-order valence-corrected chi connectivity index (χ4v) is 1.78. The summed E-state index contributed by atoms with van der Waals surface area (Å²) >= 11 is 5.63. The number of hydrogen-bond donors (Lipinski definition) is 1. The van der Waals surface area contributed by atoms with E-state index in [4.69, 9.17) is 22.1 Å². The number of rotatable bonds is 3. The molecule has 0 aliphatic carbocycles. The van der Waals surface area contributed by atoms with Crippen LogP contribution in [0.2, 0.25) is 0 Å². The normalized spacial score (nSPS) is 11.8. The SMILES string of the molecule is COc1cccc2c(N=C(N)CCl)cccc12. The largest absolute Gasteiger partial charge is 0.496 e. The van der Waals surface area contributed by atoms with Crippen molar-refractivity contribution < 1.29 is 4.74 Å². The van der Waals surface area contributed by atoms with Crippen molar-refractivity contribution in [1.29, 1.82) is 0 Å². The molecule has 0 spiro atoms. The minimum Gasteiger partial charge on any atom is -0.496 e. The second-order valence-corrected chi connectivity index (χ2v) is 3.84. The number of fused-ring (bicyclic) bond motifs is 1. The highest BCUT2D eigenvalue weighted by Crippen LogP contribution is 2.31. The number of nitrogens with two attached hydrogens (primary N) is 1. The second-order valence-electron chi connectivity index (χ2n) is 3.57. The summed E-state index contributed by atoms with van der Waals surface area (Å²) in [5.41, 5.74) is 6.46. The van der Waals surface area contributed by atoms with Crippen molar-refractivity contribution in [2.24, 2.45) is 10.7 Å². The molecular weight excluding hydrogens is 236 g/mol. The van der Waals surface area contributed by atoms with Crippen molar-refractivity contribution in [3.8, 4) is 5.75 Å². The van der Waals surface area contributed by atoms with Gasteiger partial charge in [-0.25, -0.2) is 4.99 Å². The van der Waals surface area contributed by atoms with Crippen LogP contribution in [0, 0.1) is 0 Å². The van der Waals surface area contributed by atoms with E-state index in [1.165, 1.54) is 0 Å². The first-order valence-corrected chi connectivity index (χ1v) is 5.74. The first kappa shape index (κ1) is 11.7. The number of amidine groups is 1. The van der Waals surface area contributed by atoms with Crippen molar-refractivity contribution in [2.45, 2.75) is 0 Å². The third-order valence-corrected chi connectivity index (χ3v) is 2.75. The molecule has 0 saturated heterocycles.